The van der Waals surface area contributed by atoms with E-state index in [4.69, 9.17) is 5.11 Å². The van der Waals surface area contributed by atoms with Crippen LogP contribution in [0.3, 0.4) is 0 Å². The molecule has 6 nitrogen and oxygen atoms in total. The first-order valence-corrected chi connectivity index (χ1v) is 6.58. The molecule has 2 N–H and O–H groups in total. The number of carbonyl (C=O) groups excluding carboxylic acids is 1. The van der Waals surface area contributed by atoms with E-state index in [0.29, 0.717) is 0 Å². The van der Waals surface area contributed by atoms with Crippen molar-refractivity contribution in [1.29, 1.82) is 0 Å². The number of rotatable bonds is 4. The molecule has 0 unspecified atom stereocenters. The van der Waals surface area contributed by atoms with Gasteiger partial charge in [0.15, 0.2) is 0 Å². The summed E-state index contributed by atoms with van der Waals surface area (Å²) >= 11 is 0. The number of benzene rings is 1. The summed E-state index contributed by atoms with van der Waals surface area (Å²) in [6, 6.07) is 5.54. The number of aromatic nitrogens is 3. The summed E-state index contributed by atoms with van der Waals surface area (Å²) < 4.78 is 1.46. The fraction of sp³-hybridized carbons (Fsp3) is 0.267. The highest BCUT2D eigenvalue weighted by Gasteiger charge is 2.07. The maximum Gasteiger partial charge on any atom is 0.246 e. The predicted molar refractivity (Wildman–Crippen MR) is 78.4 cm³/mol. The van der Waals surface area contributed by atoms with Gasteiger partial charge in [-0.25, -0.2) is 9.67 Å². The van der Waals surface area contributed by atoms with E-state index in [0.717, 1.165) is 23.2 Å². The van der Waals surface area contributed by atoms with Gasteiger partial charge in [0.05, 0.1) is 0 Å². The lowest BCUT2D eigenvalue weighted by molar-refractivity contribution is -0.116. The number of hydrogen-bond acceptors (Lipinski definition) is 4. The maximum atomic E-state index is 11.9. The van der Waals surface area contributed by atoms with Crippen LogP contribution in [0.5, 0.6) is 0 Å². The molecule has 1 heterocycles. The minimum Gasteiger partial charge on any atom is -0.384 e. The van der Waals surface area contributed by atoms with Gasteiger partial charge in [0.25, 0.3) is 0 Å². The number of aliphatic hydroxyl groups excluding tert-OH is 1. The van der Waals surface area contributed by atoms with Gasteiger partial charge in [-0.2, -0.15) is 5.10 Å². The van der Waals surface area contributed by atoms with Gasteiger partial charge >= 0.3 is 0 Å². The molecule has 1 aromatic carbocycles. The number of aryl methyl sites for hydroxylation is 1. The second-order valence-corrected chi connectivity index (χ2v) is 4.33. The van der Waals surface area contributed by atoms with E-state index in [1.54, 1.807) is 0 Å². The zero-order valence-electron chi connectivity index (χ0n) is 11.7. The molecule has 0 aliphatic carbocycles. The molecule has 6 heteroatoms. The second kappa shape index (κ2) is 7.22. The number of hydrogen-bond donors (Lipinski definition) is 2. The standard InChI is InChI=1S/C15H16N4O2/c1-2-13-8-12(4-3-7-20)5-6-14(13)18-15(21)9-19-11-16-10-17-19/h5-6,8,10-11,20H,2,7,9H2,1H3,(H,18,21). The van der Waals surface area contributed by atoms with Crippen LogP contribution >= 0.6 is 0 Å². The zero-order chi connectivity index (χ0) is 15.1. The Morgan fingerprint density at radius 1 is 1.48 bits per heavy atom. The lowest BCUT2D eigenvalue weighted by atomic mass is 10.1. The summed E-state index contributed by atoms with van der Waals surface area (Å²) in [5, 5.41) is 15.5. The largest absolute Gasteiger partial charge is 0.384 e. The summed E-state index contributed by atoms with van der Waals surface area (Å²) in [4.78, 5) is 15.7. The quantitative estimate of drug-likeness (QED) is 0.815. The highest BCUT2D eigenvalue weighted by molar-refractivity contribution is 5.91. The molecule has 21 heavy (non-hydrogen) atoms. The number of anilines is 1. The molecule has 0 aliphatic rings. The first-order chi connectivity index (χ1) is 10.2. The summed E-state index contributed by atoms with van der Waals surface area (Å²) in [6.07, 6.45) is 3.65. The lowest BCUT2D eigenvalue weighted by Crippen LogP contribution is -2.19. The van der Waals surface area contributed by atoms with Gasteiger partial charge in [-0.1, -0.05) is 18.8 Å². The van der Waals surface area contributed by atoms with Gasteiger partial charge in [-0.3, -0.25) is 4.79 Å². The first kappa shape index (κ1) is 14.8. The molecule has 2 rings (SSSR count). The maximum absolute atomic E-state index is 11.9. The minimum absolute atomic E-state index is 0.120. The van der Waals surface area contributed by atoms with E-state index in [1.165, 1.54) is 17.3 Å². The Morgan fingerprint density at radius 3 is 3.00 bits per heavy atom. The Morgan fingerprint density at radius 2 is 2.33 bits per heavy atom. The topological polar surface area (TPSA) is 80.0 Å². The minimum atomic E-state index is -0.169. The average molecular weight is 284 g/mol. The van der Waals surface area contributed by atoms with Crippen molar-refractivity contribution in [1.82, 2.24) is 14.8 Å². The summed E-state index contributed by atoms with van der Waals surface area (Å²) in [5.41, 5.74) is 2.57. The number of aliphatic hydroxyl groups is 1. The smallest absolute Gasteiger partial charge is 0.246 e. The predicted octanol–water partition coefficient (Wildman–Crippen LogP) is 0.823. The summed E-state index contributed by atoms with van der Waals surface area (Å²) in [6.45, 7) is 1.96. The van der Waals surface area contributed by atoms with Crippen LogP contribution in [0, 0.1) is 11.8 Å². The van der Waals surface area contributed by atoms with E-state index in [1.807, 2.05) is 25.1 Å². The monoisotopic (exact) mass is 284 g/mol. The Hall–Kier alpha value is -2.65. The number of nitrogens with zero attached hydrogens (tertiary/aromatic N) is 3. The molecule has 0 saturated carbocycles. The molecule has 0 spiro atoms. The third-order valence-electron chi connectivity index (χ3n) is 2.84. The SMILES string of the molecule is CCc1cc(C#CCO)ccc1NC(=O)Cn1cncn1. The molecule has 1 amide bonds. The lowest BCUT2D eigenvalue weighted by Gasteiger charge is -2.10. The van der Waals surface area contributed by atoms with Crippen molar-refractivity contribution in [3.63, 3.8) is 0 Å². The molecule has 2 aromatic rings. The summed E-state index contributed by atoms with van der Waals surface area (Å²) in [7, 11) is 0. The fourth-order valence-corrected chi connectivity index (χ4v) is 1.88. The number of nitrogens with one attached hydrogen (secondary N) is 1. The van der Waals surface area contributed by atoms with Crippen LogP contribution in [0.2, 0.25) is 0 Å². The number of carbonyl (C=O) groups is 1. The highest BCUT2D eigenvalue weighted by Crippen LogP contribution is 2.18. The van der Waals surface area contributed by atoms with Gasteiger partial charge in [-0.15, -0.1) is 0 Å². The van der Waals surface area contributed by atoms with Crippen LogP contribution in [0.25, 0.3) is 0 Å². The normalized spacial score (nSPS) is 9.81. The van der Waals surface area contributed by atoms with Crippen molar-refractivity contribution in [3.8, 4) is 11.8 Å². The van der Waals surface area contributed by atoms with Crippen molar-refractivity contribution in [3.05, 3.63) is 42.0 Å². The van der Waals surface area contributed by atoms with E-state index < -0.39 is 0 Å². The van der Waals surface area contributed by atoms with E-state index >= 15 is 0 Å². The van der Waals surface area contributed by atoms with Crippen LogP contribution < -0.4 is 5.32 Å². The molecule has 108 valence electrons. The molecular formula is C15H16N4O2. The molecule has 0 saturated heterocycles. The molecule has 0 aliphatic heterocycles. The van der Waals surface area contributed by atoms with Crippen LogP contribution in [0.1, 0.15) is 18.1 Å². The molecule has 0 radical (unpaired) electrons. The highest BCUT2D eigenvalue weighted by atomic mass is 16.2. The van der Waals surface area contributed by atoms with Crippen LogP contribution in [0.4, 0.5) is 5.69 Å². The Kier molecular flexibility index (Phi) is 5.07. The molecule has 0 fully saturated rings. The third-order valence-corrected chi connectivity index (χ3v) is 2.84. The summed E-state index contributed by atoms with van der Waals surface area (Å²) in [5.74, 6) is 5.29. The third kappa shape index (κ3) is 4.16. The van der Waals surface area contributed by atoms with Crippen molar-refractivity contribution >= 4 is 11.6 Å². The van der Waals surface area contributed by atoms with Gasteiger partial charge in [0.2, 0.25) is 5.91 Å². The van der Waals surface area contributed by atoms with Crippen molar-refractivity contribution in [2.24, 2.45) is 0 Å². The molecular weight excluding hydrogens is 268 g/mol. The second-order valence-electron chi connectivity index (χ2n) is 4.33. The van der Waals surface area contributed by atoms with E-state index in [2.05, 4.69) is 27.2 Å². The van der Waals surface area contributed by atoms with Crippen molar-refractivity contribution in [2.75, 3.05) is 11.9 Å². The Balaban J connectivity index is 2.10. The van der Waals surface area contributed by atoms with Gasteiger partial charge in [0, 0.05) is 11.3 Å². The van der Waals surface area contributed by atoms with Crippen molar-refractivity contribution in [2.45, 2.75) is 19.9 Å². The average Bonchev–Trinajstić information content (AvgIpc) is 2.98. The Labute approximate surface area is 122 Å². The van der Waals surface area contributed by atoms with Gasteiger partial charge < -0.3 is 10.4 Å². The fourth-order valence-electron chi connectivity index (χ4n) is 1.88. The molecule has 0 atom stereocenters. The van der Waals surface area contributed by atoms with Crippen LogP contribution in [-0.4, -0.2) is 32.4 Å². The number of amides is 1. The van der Waals surface area contributed by atoms with Crippen LogP contribution in [-0.2, 0) is 17.8 Å². The van der Waals surface area contributed by atoms with Gasteiger partial charge in [0.1, 0.15) is 25.8 Å². The molecule has 1 aromatic heterocycles. The zero-order valence-corrected chi connectivity index (χ0v) is 11.7. The first-order valence-electron chi connectivity index (χ1n) is 6.58. The van der Waals surface area contributed by atoms with Crippen LogP contribution in [0.15, 0.2) is 30.9 Å². The van der Waals surface area contributed by atoms with Crippen molar-refractivity contribution < 1.29 is 9.90 Å². The van der Waals surface area contributed by atoms with E-state index in [-0.39, 0.29) is 19.1 Å². The molecule has 0 bridgehead atoms. The van der Waals surface area contributed by atoms with Gasteiger partial charge in [-0.05, 0) is 30.2 Å². The Bertz CT molecular complexity index is 669. The van der Waals surface area contributed by atoms with E-state index in [9.17, 15) is 4.79 Å².